The Morgan fingerprint density at radius 3 is 2.37 bits per heavy atom. The second-order valence-corrected chi connectivity index (χ2v) is 12.1. The van der Waals surface area contributed by atoms with Gasteiger partial charge in [0.05, 0.1) is 26.9 Å². The summed E-state index contributed by atoms with van der Waals surface area (Å²) >= 11 is 0. The number of hydrogen-bond acceptors (Lipinski definition) is 8. The van der Waals surface area contributed by atoms with E-state index in [1.807, 2.05) is 43.3 Å². The molecule has 0 radical (unpaired) electrons. The monoisotopic (exact) mass is 634 g/mol. The summed E-state index contributed by atoms with van der Waals surface area (Å²) < 4.78 is 23.1. The van der Waals surface area contributed by atoms with Gasteiger partial charge in [0.1, 0.15) is 6.10 Å². The van der Waals surface area contributed by atoms with Crippen molar-refractivity contribution in [1.82, 2.24) is 4.90 Å². The van der Waals surface area contributed by atoms with E-state index >= 15 is 0 Å². The SMILES string of the molecule is CCN(C(=O)/C=C\C(C)=O)c1ccc(CCCC(=O)O[C@@H]2CCN([C@@H]3CCCCC3OCCc3ccc(OC)c(OC)c3)C2)cc1. The largest absolute Gasteiger partial charge is 0.493 e. The molecule has 2 fully saturated rings. The first-order valence-electron chi connectivity index (χ1n) is 16.7. The number of ether oxygens (including phenoxy) is 4. The van der Waals surface area contributed by atoms with Crippen LogP contribution in [0.4, 0.5) is 5.69 Å². The molecule has 2 aromatic rings. The third-order valence-electron chi connectivity index (χ3n) is 8.92. The maximum absolute atomic E-state index is 12.7. The van der Waals surface area contributed by atoms with Crippen molar-refractivity contribution >= 4 is 23.3 Å². The summed E-state index contributed by atoms with van der Waals surface area (Å²) in [5.74, 6) is 0.929. The molecule has 1 amide bonds. The van der Waals surface area contributed by atoms with Crippen molar-refractivity contribution in [3.8, 4) is 11.5 Å². The lowest BCUT2D eigenvalue weighted by molar-refractivity contribution is -0.148. The zero-order valence-corrected chi connectivity index (χ0v) is 27.9. The number of rotatable bonds is 16. The van der Waals surface area contributed by atoms with E-state index in [0.29, 0.717) is 32.0 Å². The number of methoxy groups -OCH3 is 2. The molecule has 1 aliphatic heterocycles. The van der Waals surface area contributed by atoms with Gasteiger partial charge >= 0.3 is 5.97 Å². The molecule has 1 saturated carbocycles. The van der Waals surface area contributed by atoms with Gasteiger partial charge in [-0.25, -0.2) is 0 Å². The van der Waals surface area contributed by atoms with E-state index < -0.39 is 0 Å². The van der Waals surface area contributed by atoms with Gasteiger partial charge in [-0.05, 0) is 93.8 Å². The van der Waals surface area contributed by atoms with Crippen molar-refractivity contribution < 1.29 is 33.3 Å². The lowest BCUT2D eigenvalue weighted by Gasteiger charge is -2.37. The van der Waals surface area contributed by atoms with Gasteiger partial charge in [0, 0.05) is 43.9 Å². The number of likely N-dealkylation sites (N-methyl/N-ethyl adjacent to an activating group) is 1. The van der Waals surface area contributed by atoms with Crippen molar-refractivity contribution in [2.24, 2.45) is 0 Å². The summed E-state index contributed by atoms with van der Waals surface area (Å²) in [6, 6.07) is 14.1. The van der Waals surface area contributed by atoms with Crippen LogP contribution >= 0.6 is 0 Å². The number of carbonyl (C=O) groups is 3. The van der Waals surface area contributed by atoms with Gasteiger partial charge in [-0.2, -0.15) is 0 Å². The lowest BCUT2D eigenvalue weighted by Crippen LogP contribution is -2.46. The van der Waals surface area contributed by atoms with Gasteiger partial charge in [0.2, 0.25) is 0 Å². The number of nitrogens with zero attached hydrogens (tertiary/aromatic N) is 2. The second kappa shape index (κ2) is 17.9. The molecule has 9 heteroatoms. The van der Waals surface area contributed by atoms with Crippen LogP contribution in [0.25, 0.3) is 0 Å². The molecular formula is C37H50N2O7. The molecule has 250 valence electrons. The molecule has 0 bridgehead atoms. The van der Waals surface area contributed by atoms with E-state index in [2.05, 4.69) is 11.0 Å². The fraction of sp³-hybridized carbons (Fsp3) is 0.541. The van der Waals surface area contributed by atoms with Crippen molar-refractivity contribution in [3.05, 3.63) is 65.7 Å². The maximum Gasteiger partial charge on any atom is 0.306 e. The van der Waals surface area contributed by atoms with Crippen LogP contribution in [0, 0.1) is 0 Å². The van der Waals surface area contributed by atoms with Gasteiger partial charge < -0.3 is 23.8 Å². The van der Waals surface area contributed by atoms with Crippen molar-refractivity contribution in [1.29, 1.82) is 0 Å². The van der Waals surface area contributed by atoms with Crippen molar-refractivity contribution in [2.45, 2.75) is 89.9 Å². The highest BCUT2D eigenvalue weighted by molar-refractivity contribution is 6.04. The Labute approximate surface area is 273 Å². The number of likely N-dealkylation sites (tertiary alicyclic amines) is 1. The molecule has 1 aliphatic carbocycles. The van der Waals surface area contributed by atoms with E-state index in [1.165, 1.54) is 31.9 Å². The van der Waals surface area contributed by atoms with Crippen LogP contribution in [-0.2, 0) is 36.7 Å². The van der Waals surface area contributed by atoms with Gasteiger partial charge in [0.15, 0.2) is 17.3 Å². The number of carbonyl (C=O) groups excluding carboxylic acids is 3. The Morgan fingerprint density at radius 2 is 1.65 bits per heavy atom. The van der Waals surface area contributed by atoms with E-state index in [9.17, 15) is 14.4 Å². The van der Waals surface area contributed by atoms with Gasteiger partial charge in [-0.1, -0.05) is 31.0 Å². The van der Waals surface area contributed by atoms with Crippen molar-refractivity contribution in [2.75, 3.05) is 45.4 Å². The average molecular weight is 635 g/mol. The number of allylic oxidation sites excluding steroid dienone is 1. The summed E-state index contributed by atoms with van der Waals surface area (Å²) in [4.78, 5) is 40.4. The molecule has 0 aromatic heterocycles. The first-order valence-corrected chi connectivity index (χ1v) is 16.7. The zero-order valence-electron chi connectivity index (χ0n) is 27.9. The number of esters is 1. The fourth-order valence-electron chi connectivity index (χ4n) is 6.47. The van der Waals surface area contributed by atoms with Crippen LogP contribution in [0.1, 0.15) is 69.9 Å². The molecule has 1 saturated heterocycles. The maximum atomic E-state index is 12.7. The Bertz CT molecular complexity index is 1330. The number of amides is 1. The third-order valence-corrected chi connectivity index (χ3v) is 8.92. The topological polar surface area (TPSA) is 94.6 Å². The Hall–Kier alpha value is -3.69. The summed E-state index contributed by atoms with van der Waals surface area (Å²) in [5.41, 5.74) is 3.03. The van der Waals surface area contributed by atoms with Crippen LogP contribution in [-0.4, -0.2) is 81.3 Å². The number of hydrogen-bond donors (Lipinski definition) is 0. The number of anilines is 1. The molecule has 2 aromatic carbocycles. The van der Waals surface area contributed by atoms with Gasteiger partial charge in [-0.3, -0.25) is 19.3 Å². The summed E-state index contributed by atoms with van der Waals surface area (Å²) in [6.45, 7) is 6.15. The van der Waals surface area contributed by atoms with Crippen molar-refractivity contribution in [3.63, 3.8) is 0 Å². The highest BCUT2D eigenvalue weighted by atomic mass is 16.5. The molecule has 2 aliphatic rings. The van der Waals surface area contributed by atoms with Crippen LogP contribution in [0.5, 0.6) is 11.5 Å². The molecule has 9 nitrogen and oxygen atoms in total. The van der Waals surface area contributed by atoms with E-state index in [1.54, 1.807) is 19.1 Å². The van der Waals surface area contributed by atoms with Gasteiger partial charge in [0.25, 0.3) is 5.91 Å². The molecule has 46 heavy (non-hydrogen) atoms. The highest BCUT2D eigenvalue weighted by Gasteiger charge is 2.36. The van der Waals surface area contributed by atoms with E-state index in [4.69, 9.17) is 18.9 Å². The first-order chi connectivity index (χ1) is 22.3. The summed E-state index contributed by atoms with van der Waals surface area (Å²) in [7, 11) is 3.29. The smallest absolute Gasteiger partial charge is 0.306 e. The molecule has 1 heterocycles. The zero-order chi connectivity index (χ0) is 32.9. The van der Waals surface area contributed by atoms with E-state index in [-0.39, 0.29) is 29.9 Å². The normalized spacial score (nSPS) is 20.0. The fourth-order valence-corrected chi connectivity index (χ4v) is 6.47. The predicted molar refractivity (Wildman–Crippen MR) is 179 cm³/mol. The Kier molecular flexibility index (Phi) is 13.7. The molecule has 4 rings (SSSR count). The molecule has 0 spiro atoms. The van der Waals surface area contributed by atoms with Gasteiger partial charge in [-0.15, -0.1) is 0 Å². The Morgan fingerprint density at radius 1 is 0.913 bits per heavy atom. The Balaban J connectivity index is 1.18. The number of aryl methyl sites for hydroxylation is 1. The third kappa shape index (κ3) is 10.2. The standard InChI is InChI=1S/C37H50N2O7/c1-5-39(36(41)20-13-27(2)40)30-17-14-28(15-18-30)9-8-12-37(42)46-31-21-23-38(26-31)32-10-6-7-11-33(32)45-24-22-29-16-19-34(43-3)35(25-29)44-4/h13-20,25,31-33H,5-12,21-24,26H2,1-4H3/b20-13-/t31-,32-,33?/m1/s1. The minimum Gasteiger partial charge on any atom is -0.493 e. The highest BCUT2D eigenvalue weighted by Crippen LogP contribution is 2.31. The second-order valence-electron chi connectivity index (χ2n) is 12.1. The minimum atomic E-state index is -0.226. The molecule has 1 unspecified atom stereocenters. The number of ketones is 1. The number of benzene rings is 2. The van der Waals surface area contributed by atoms with Crippen LogP contribution < -0.4 is 14.4 Å². The first kappa shape index (κ1) is 35.2. The summed E-state index contributed by atoms with van der Waals surface area (Å²) in [6.07, 6.45) is 10.7. The molecule has 0 N–H and O–H groups in total. The van der Waals surface area contributed by atoms with Crippen LogP contribution in [0.2, 0.25) is 0 Å². The summed E-state index contributed by atoms with van der Waals surface area (Å²) in [5, 5.41) is 0. The van der Waals surface area contributed by atoms with Crippen LogP contribution in [0.3, 0.4) is 0 Å². The average Bonchev–Trinajstić information content (AvgIpc) is 3.53. The minimum absolute atomic E-state index is 0.0734. The predicted octanol–water partition coefficient (Wildman–Crippen LogP) is 5.71. The van der Waals surface area contributed by atoms with Crippen LogP contribution in [0.15, 0.2) is 54.6 Å². The lowest BCUT2D eigenvalue weighted by atomic mass is 9.91. The molecule has 3 atom stereocenters. The quantitative estimate of drug-likeness (QED) is 0.171. The van der Waals surface area contributed by atoms with E-state index in [0.717, 1.165) is 73.5 Å². The molecular weight excluding hydrogens is 584 g/mol.